The number of furan rings is 1. The van der Waals surface area contributed by atoms with Crippen molar-refractivity contribution in [1.29, 1.82) is 0 Å². The molecule has 0 radical (unpaired) electrons. The predicted molar refractivity (Wildman–Crippen MR) is 110 cm³/mol. The number of aryl methyl sites for hydroxylation is 1. The van der Waals surface area contributed by atoms with Gasteiger partial charge in [-0.25, -0.2) is 0 Å². The maximum Gasteiger partial charge on any atom is 0.198 e. The molecule has 28 heavy (non-hydrogen) atoms. The summed E-state index contributed by atoms with van der Waals surface area (Å²) in [6, 6.07) is 15.4. The maximum atomic E-state index is 6.03. The third-order valence-corrected chi connectivity index (χ3v) is 6.23. The van der Waals surface area contributed by atoms with Crippen LogP contribution in [0.15, 0.2) is 63.5 Å². The first kappa shape index (κ1) is 19.2. The molecule has 1 unspecified atom stereocenters. The first-order valence-electron chi connectivity index (χ1n) is 9.74. The summed E-state index contributed by atoms with van der Waals surface area (Å²) in [5, 5.41) is 9.71. The van der Waals surface area contributed by atoms with Gasteiger partial charge in [-0.2, -0.15) is 0 Å². The molecule has 7 heteroatoms. The zero-order valence-electron chi connectivity index (χ0n) is 16.5. The van der Waals surface area contributed by atoms with Gasteiger partial charge in [-0.1, -0.05) is 30.3 Å². The fraction of sp³-hybridized carbons (Fsp3) is 0.429. The average molecular weight is 398 g/mol. The molecular weight excluding hydrogens is 370 g/mol. The Hall–Kier alpha value is -2.09. The fourth-order valence-corrected chi connectivity index (χ4v) is 4.45. The van der Waals surface area contributed by atoms with Crippen LogP contribution in [0.1, 0.15) is 24.2 Å². The molecule has 1 atom stereocenters. The van der Waals surface area contributed by atoms with Crippen LogP contribution in [0.25, 0.3) is 0 Å². The molecule has 0 N–H and O–H groups in total. The molecule has 0 amide bonds. The Balaban J connectivity index is 1.32. The number of likely N-dealkylation sites (N-methyl/N-ethyl adjacent to an activating group) is 1. The lowest BCUT2D eigenvalue weighted by Gasteiger charge is -2.37. The van der Waals surface area contributed by atoms with E-state index in [-0.39, 0.29) is 0 Å². The van der Waals surface area contributed by atoms with E-state index in [1.165, 1.54) is 30.2 Å². The topological polar surface area (TPSA) is 50.3 Å². The highest BCUT2D eigenvalue weighted by Gasteiger charge is 2.24. The Morgan fingerprint density at radius 3 is 2.86 bits per heavy atom. The highest BCUT2D eigenvalue weighted by molar-refractivity contribution is 7.99. The minimum atomic E-state index is 0.580. The van der Waals surface area contributed by atoms with Crippen LogP contribution in [0.4, 0.5) is 0 Å². The normalized spacial score (nSPS) is 18.0. The quantitative estimate of drug-likeness (QED) is 0.606. The van der Waals surface area contributed by atoms with E-state index in [4.69, 9.17) is 4.42 Å². The Morgan fingerprint density at radius 1 is 1.21 bits per heavy atom. The number of aromatic nitrogens is 3. The summed E-state index contributed by atoms with van der Waals surface area (Å²) < 4.78 is 7.93. The lowest BCUT2D eigenvalue weighted by molar-refractivity contribution is 0.101. The molecule has 4 rings (SSSR count). The minimum absolute atomic E-state index is 0.580. The van der Waals surface area contributed by atoms with Crippen LogP contribution in [0.5, 0.6) is 0 Å². The Kier molecular flexibility index (Phi) is 6.14. The molecule has 1 aliphatic heterocycles. The van der Waals surface area contributed by atoms with E-state index in [0.717, 1.165) is 42.2 Å². The van der Waals surface area contributed by atoms with Crippen LogP contribution in [-0.2, 0) is 20.1 Å². The third kappa shape index (κ3) is 4.84. The summed E-state index contributed by atoms with van der Waals surface area (Å²) >= 11 is 1.51. The molecular formula is C21H27N5OS. The second kappa shape index (κ2) is 8.94. The third-order valence-electron chi connectivity index (χ3n) is 5.26. The number of piperidine rings is 1. The molecule has 0 bridgehead atoms. The van der Waals surface area contributed by atoms with Crippen LogP contribution in [-0.4, -0.2) is 50.7 Å². The van der Waals surface area contributed by atoms with Gasteiger partial charge in [0.25, 0.3) is 0 Å². The van der Waals surface area contributed by atoms with Crippen molar-refractivity contribution < 1.29 is 4.42 Å². The largest absolute Gasteiger partial charge is 0.453 e. The van der Waals surface area contributed by atoms with Crippen molar-refractivity contribution in [3.05, 3.63) is 60.1 Å². The minimum Gasteiger partial charge on any atom is -0.453 e. The molecule has 1 fully saturated rings. The lowest BCUT2D eigenvalue weighted by Crippen LogP contribution is -2.45. The van der Waals surface area contributed by atoms with Gasteiger partial charge < -0.3 is 8.98 Å². The first-order valence-corrected chi connectivity index (χ1v) is 10.6. The number of hydrogen-bond acceptors (Lipinski definition) is 6. The van der Waals surface area contributed by atoms with Crippen LogP contribution in [0, 0.1) is 0 Å². The van der Waals surface area contributed by atoms with E-state index < -0.39 is 0 Å². The van der Waals surface area contributed by atoms with E-state index in [1.807, 2.05) is 17.7 Å². The molecule has 1 aromatic carbocycles. The van der Waals surface area contributed by atoms with Gasteiger partial charge in [-0.3, -0.25) is 9.80 Å². The highest BCUT2D eigenvalue weighted by Crippen LogP contribution is 2.28. The van der Waals surface area contributed by atoms with Crippen molar-refractivity contribution in [3.63, 3.8) is 0 Å². The average Bonchev–Trinajstić information content (AvgIpc) is 3.32. The van der Waals surface area contributed by atoms with Crippen molar-refractivity contribution >= 4 is 11.8 Å². The van der Waals surface area contributed by atoms with Crippen LogP contribution >= 0.6 is 11.8 Å². The van der Waals surface area contributed by atoms with Crippen molar-refractivity contribution in [2.45, 2.75) is 42.2 Å². The molecule has 3 aromatic rings. The second-order valence-corrected chi connectivity index (χ2v) is 8.45. The Labute approximate surface area is 170 Å². The summed E-state index contributed by atoms with van der Waals surface area (Å²) in [6.45, 7) is 4.06. The molecule has 148 valence electrons. The maximum absolute atomic E-state index is 6.03. The van der Waals surface area contributed by atoms with Crippen LogP contribution in [0.2, 0.25) is 0 Å². The zero-order valence-corrected chi connectivity index (χ0v) is 17.3. The van der Waals surface area contributed by atoms with Crippen LogP contribution < -0.4 is 0 Å². The van der Waals surface area contributed by atoms with Gasteiger partial charge in [0.05, 0.1) is 6.54 Å². The summed E-state index contributed by atoms with van der Waals surface area (Å²) in [6.07, 6.45) is 4.18. The van der Waals surface area contributed by atoms with Gasteiger partial charge in [-0.15, -0.1) is 10.2 Å². The van der Waals surface area contributed by atoms with E-state index in [2.05, 4.69) is 63.4 Å². The van der Waals surface area contributed by atoms with E-state index in [1.54, 1.807) is 6.33 Å². The van der Waals surface area contributed by atoms with Crippen molar-refractivity contribution in [2.75, 3.05) is 20.1 Å². The van der Waals surface area contributed by atoms with Gasteiger partial charge in [-0.05, 0) is 55.9 Å². The van der Waals surface area contributed by atoms with Crippen molar-refractivity contribution in [1.82, 2.24) is 24.6 Å². The van der Waals surface area contributed by atoms with Crippen molar-refractivity contribution in [2.24, 2.45) is 7.05 Å². The van der Waals surface area contributed by atoms with Crippen molar-refractivity contribution in [3.8, 4) is 0 Å². The van der Waals surface area contributed by atoms with Gasteiger partial charge in [0.15, 0.2) is 10.2 Å². The molecule has 0 saturated carbocycles. The smallest absolute Gasteiger partial charge is 0.198 e. The fourth-order valence-electron chi connectivity index (χ4n) is 3.71. The molecule has 3 heterocycles. The second-order valence-electron chi connectivity index (χ2n) is 7.48. The Morgan fingerprint density at radius 2 is 2.07 bits per heavy atom. The molecule has 0 spiro atoms. The van der Waals surface area contributed by atoms with Crippen LogP contribution in [0.3, 0.4) is 0 Å². The van der Waals surface area contributed by atoms with E-state index >= 15 is 0 Å². The van der Waals surface area contributed by atoms with E-state index in [9.17, 15) is 0 Å². The monoisotopic (exact) mass is 397 g/mol. The molecule has 0 aliphatic carbocycles. The first-order chi connectivity index (χ1) is 13.7. The zero-order chi connectivity index (χ0) is 19.3. The predicted octanol–water partition coefficient (Wildman–Crippen LogP) is 3.66. The highest BCUT2D eigenvalue weighted by atomic mass is 32.2. The van der Waals surface area contributed by atoms with Gasteiger partial charge in [0.2, 0.25) is 0 Å². The summed E-state index contributed by atoms with van der Waals surface area (Å²) in [5.74, 6) is 1.01. The molecule has 6 nitrogen and oxygen atoms in total. The SMILES string of the molecule is CN(Cc1ccccc1)C1CCCN(Cc2ccc(Sc3nncn3C)o2)C1. The van der Waals surface area contributed by atoms with Gasteiger partial charge in [0, 0.05) is 26.2 Å². The summed E-state index contributed by atoms with van der Waals surface area (Å²) in [4.78, 5) is 4.99. The summed E-state index contributed by atoms with van der Waals surface area (Å²) in [5.41, 5.74) is 1.37. The van der Waals surface area contributed by atoms with Gasteiger partial charge in [0.1, 0.15) is 12.1 Å². The number of hydrogen-bond donors (Lipinski definition) is 0. The Bertz CT molecular complexity index is 878. The standard InChI is InChI=1S/C21H27N5OS/c1-24(13-17-7-4-3-5-8-17)18-9-6-12-26(14-18)15-19-10-11-20(27-19)28-21-23-22-16-25(21)2/h3-5,7-8,10-11,16,18H,6,9,12-15H2,1-2H3. The molecule has 1 saturated heterocycles. The number of nitrogens with zero attached hydrogens (tertiary/aromatic N) is 5. The number of benzene rings is 1. The molecule has 1 aliphatic rings. The van der Waals surface area contributed by atoms with Gasteiger partial charge >= 0.3 is 0 Å². The van der Waals surface area contributed by atoms with E-state index in [0.29, 0.717) is 6.04 Å². The summed E-state index contributed by atoms with van der Waals surface area (Å²) in [7, 11) is 4.18. The number of likely N-dealkylation sites (tertiary alicyclic amines) is 1. The number of rotatable bonds is 7. The lowest BCUT2D eigenvalue weighted by atomic mass is 10.0. The molecule has 2 aromatic heterocycles.